The van der Waals surface area contributed by atoms with Gasteiger partial charge in [-0.2, -0.15) is 9.97 Å². The van der Waals surface area contributed by atoms with Gasteiger partial charge in [-0.25, -0.2) is 13.1 Å². The third-order valence-corrected chi connectivity index (χ3v) is 3.72. The average molecular weight is 336 g/mol. The summed E-state index contributed by atoms with van der Waals surface area (Å²) in [6.07, 6.45) is 1.50. The van der Waals surface area contributed by atoms with Gasteiger partial charge in [-0.1, -0.05) is 30.3 Å². The molecular formula is C14H16N4O4S. The molecule has 0 atom stereocenters. The summed E-state index contributed by atoms with van der Waals surface area (Å²) in [4.78, 5) is 11.7. The lowest BCUT2D eigenvalue weighted by Gasteiger charge is -2.05. The Labute approximate surface area is 134 Å². The lowest BCUT2D eigenvalue weighted by molar-refractivity contribution is 0.336. The van der Waals surface area contributed by atoms with Crippen LogP contribution in [0.15, 0.2) is 35.7 Å². The van der Waals surface area contributed by atoms with E-state index >= 15 is 0 Å². The zero-order valence-corrected chi connectivity index (χ0v) is 13.4. The minimum absolute atomic E-state index is 0.0471. The number of benzene rings is 1. The number of sulfonamides is 1. The Hall–Kier alpha value is -2.52. The molecule has 2 rings (SSSR count). The number of methoxy groups -OCH3 is 2. The van der Waals surface area contributed by atoms with E-state index in [0.29, 0.717) is 0 Å². The number of hydrogen-bond donors (Lipinski definition) is 1. The highest BCUT2D eigenvalue weighted by atomic mass is 32.2. The standard InChI is InChI=1S/C14H16N4O4S/c1-21-13-16-12(17-14(18-13)22-2)10-15-23(19,20)9-8-11-6-4-3-5-7-11/h3-9,15H,10H2,1-2H3. The van der Waals surface area contributed by atoms with Crippen molar-refractivity contribution in [2.24, 2.45) is 0 Å². The Bertz CT molecular complexity index is 756. The fourth-order valence-electron chi connectivity index (χ4n) is 1.58. The van der Waals surface area contributed by atoms with E-state index in [2.05, 4.69) is 19.7 Å². The summed E-state index contributed by atoms with van der Waals surface area (Å²) in [6.45, 7) is -0.114. The maximum absolute atomic E-state index is 12.0. The van der Waals surface area contributed by atoms with Gasteiger partial charge in [0.1, 0.15) is 0 Å². The molecule has 0 aliphatic heterocycles. The first-order valence-electron chi connectivity index (χ1n) is 6.58. The fraction of sp³-hybridized carbons (Fsp3) is 0.214. The quantitative estimate of drug-likeness (QED) is 0.804. The van der Waals surface area contributed by atoms with Crippen molar-refractivity contribution in [3.63, 3.8) is 0 Å². The number of rotatable bonds is 7. The van der Waals surface area contributed by atoms with E-state index in [0.717, 1.165) is 11.0 Å². The molecule has 0 saturated heterocycles. The maximum Gasteiger partial charge on any atom is 0.322 e. The summed E-state index contributed by atoms with van der Waals surface area (Å²) < 4.78 is 36.1. The Balaban J connectivity index is 2.06. The normalized spacial score (nSPS) is 11.6. The molecule has 0 radical (unpaired) electrons. The molecule has 1 N–H and O–H groups in total. The second kappa shape index (κ2) is 7.65. The van der Waals surface area contributed by atoms with Crippen LogP contribution in [0.3, 0.4) is 0 Å². The van der Waals surface area contributed by atoms with E-state index in [9.17, 15) is 8.42 Å². The van der Waals surface area contributed by atoms with E-state index in [1.165, 1.54) is 20.3 Å². The Morgan fingerprint density at radius 3 is 2.22 bits per heavy atom. The smallest absolute Gasteiger partial charge is 0.322 e. The minimum Gasteiger partial charge on any atom is -0.467 e. The number of nitrogens with zero attached hydrogens (tertiary/aromatic N) is 3. The van der Waals surface area contributed by atoms with Gasteiger partial charge in [-0.3, -0.25) is 0 Å². The fourth-order valence-corrected chi connectivity index (χ4v) is 2.35. The summed E-state index contributed by atoms with van der Waals surface area (Å²) in [5.74, 6) is 0.186. The van der Waals surface area contributed by atoms with Gasteiger partial charge in [0.15, 0.2) is 5.82 Å². The van der Waals surface area contributed by atoms with Crippen LogP contribution in [0.2, 0.25) is 0 Å². The Morgan fingerprint density at radius 2 is 1.65 bits per heavy atom. The molecule has 0 fully saturated rings. The van der Waals surface area contributed by atoms with Gasteiger partial charge in [0.2, 0.25) is 10.0 Å². The van der Waals surface area contributed by atoms with E-state index in [1.807, 2.05) is 18.2 Å². The van der Waals surface area contributed by atoms with Crippen LogP contribution in [-0.4, -0.2) is 37.6 Å². The van der Waals surface area contributed by atoms with Crippen molar-refractivity contribution in [2.45, 2.75) is 6.54 Å². The molecule has 2 aromatic rings. The lowest BCUT2D eigenvalue weighted by atomic mass is 10.2. The van der Waals surface area contributed by atoms with Gasteiger partial charge in [-0.05, 0) is 11.6 Å². The van der Waals surface area contributed by atoms with Crippen LogP contribution >= 0.6 is 0 Å². The van der Waals surface area contributed by atoms with Crippen molar-refractivity contribution in [1.82, 2.24) is 19.7 Å². The zero-order valence-electron chi connectivity index (χ0n) is 12.6. The number of nitrogens with one attached hydrogen (secondary N) is 1. The molecule has 122 valence electrons. The van der Waals surface area contributed by atoms with Crippen LogP contribution in [0.25, 0.3) is 6.08 Å². The highest BCUT2D eigenvalue weighted by Crippen LogP contribution is 2.09. The van der Waals surface area contributed by atoms with Crippen LogP contribution in [0.5, 0.6) is 12.0 Å². The van der Waals surface area contributed by atoms with E-state index in [-0.39, 0.29) is 24.4 Å². The molecule has 9 heteroatoms. The van der Waals surface area contributed by atoms with E-state index < -0.39 is 10.0 Å². The van der Waals surface area contributed by atoms with Crippen LogP contribution < -0.4 is 14.2 Å². The summed E-state index contributed by atoms with van der Waals surface area (Å²) in [6, 6.07) is 9.19. The molecule has 0 unspecified atom stereocenters. The van der Waals surface area contributed by atoms with Gasteiger partial charge in [0, 0.05) is 5.41 Å². The summed E-state index contributed by atoms with van der Waals surface area (Å²) in [7, 11) is -0.841. The van der Waals surface area contributed by atoms with Crippen LogP contribution in [0.1, 0.15) is 11.4 Å². The highest BCUT2D eigenvalue weighted by molar-refractivity contribution is 7.92. The SMILES string of the molecule is COc1nc(CNS(=O)(=O)C=Cc2ccccc2)nc(OC)n1. The summed E-state index contributed by atoms with van der Waals surface area (Å²) >= 11 is 0. The lowest BCUT2D eigenvalue weighted by Crippen LogP contribution is -2.22. The average Bonchev–Trinajstić information content (AvgIpc) is 2.59. The molecule has 0 aliphatic rings. The monoisotopic (exact) mass is 336 g/mol. The summed E-state index contributed by atoms with van der Waals surface area (Å²) in [5.41, 5.74) is 0.779. The molecule has 1 aromatic carbocycles. The molecule has 0 saturated carbocycles. The van der Waals surface area contributed by atoms with Crippen LogP contribution in [0.4, 0.5) is 0 Å². The van der Waals surface area contributed by atoms with Crippen molar-refractivity contribution in [1.29, 1.82) is 0 Å². The van der Waals surface area contributed by atoms with Crippen molar-refractivity contribution in [2.75, 3.05) is 14.2 Å². The van der Waals surface area contributed by atoms with Crippen LogP contribution in [0, 0.1) is 0 Å². The molecule has 0 spiro atoms. The topological polar surface area (TPSA) is 103 Å². The van der Waals surface area contributed by atoms with Crippen molar-refractivity contribution < 1.29 is 17.9 Å². The van der Waals surface area contributed by atoms with Crippen LogP contribution in [-0.2, 0) is 16.6 Å². The molecule has 0 amide bonds. The van der Waals surface area contributed by atoms with Crippen molar-refractivity contribution in [3.05, 3.63) is 47.1 Å². The third kappa shape index (κ3) is 5.31. The van der Waals surface area contributed by atoms with Gasteiger partial charge in [-0.15, -0.1) is 4.98 Å². The molecule has 23 heavy (non-hydrogen) atoms. The van der Waals surface area contributed by atoms with E-state index in [1.54, 1.807) is 12.1 Å². The third-order valence-electron chi connectivity index (χ3n) is 2.68. The first-order chi connectivity index (χ1) is 11.0. The number of ether oxygens (including phenoxy) is 2. The Morgan fingerprint density at radius 1 is 1.04 bits per heavy atom. The van der Waals surface area contributed by atoms with Gasteiger partial charge in [0.05, 0.1) is 20.8 Å². The maximum atomic E-state index is 12.0. The summed E-state index contributed by atoms with van der Waals surface area (Å²) in [5, 5.41) is 1.08. The van der Waals surface area contributed by atoms with Gasteiger partial charge in [0.25, 0.3) is 0 Å². The van der Waals surface area contributed by atoms with Gasteiger partial charge >= 0.3 is 12.0 Å². The first kappa shape index (κ1) is 16.8. The predicted molar refractivity (Wildman–Crippen MR) is 84.2 cm³/mol. The predicted octanol–water partition coefficient (Wildman–Crippen LogP) is 0.979. The second-order valence-corrected chi connectivity index (χ2v) is 5.96. The van der Waals surface area contributed by atoms with Gasteiger partial charge < -0.3 is 9.47 Å². The number of hydrogen-bond acceptors (Lipinski definition) is 7. The highest BCUT2D eigenvalue weighted by Gasteiger charge is 2.10. The molecule has 0 aliphatic carbocycles. The Kier molecular flexibility index (Phi) is 5.61. The second-order valence-electron chi connectivity index (χ2n) is 4.30. The van der Waals surface area contributed by atoms with E-state index in [4.69, 9.17) is 9.47 Å². The van der Waals surface area contributed by atoms with Crippen molar-refractivity contribution in [3.8, 4) is 12.0 Å². The zero-order chi connectivity index (χ0) is 16.7. The molecular weight excluding hydrogens is 320 g/mol. The molecule has 8 nitrogen and oxygen atoms in total. The van der Waals surface area contributed by atoms with Crippen molar-refractivity contribution >= 4 is 16.1 Å². The molecule has 1 aromatic heterocycles. The first-order valence-corrected chi connectivity index (χ1v) is 8.13. The minimum atomic E-state index is -3.63. The molecule has 0 bridgehead atoms. The number of aromatic nitrogens is 3. The largest absolute Gasteiger partial charge is 0.467 e. The molecule has 1 heterocycles.